The zero-order valence-corrected chi connectivity index (χ0v) is 11.9. The Morgan fingerprint density at radius 1 is 1.24 bits per heavy atom. The van der Waals surface area contributed by atoms with Crippen molar-refractivity contribution < 1.29 is 0 Å². The van der Waals surface area contributed by atoms with Crippen LogP contribution in [0.2, 0.25) is 0 Å². The maximum Gasteiger partial charge on any atom is 0.0285 e. The lowest BCUT2D eigenvalue weighted by Gasteiger charge is -2.43. The normalized spacial score (nSPS) is 17.7. The van der Waals surface area contributed by atoms with Crippen molar-refractivity contribution >= 4 is 27.3 Å². The van der Waals surface area contributed by atoms with Crippen molar-refractivity contribution in [3.05, 3.63) is 56.7 Å². The van der Waals surface area contributed by atoms with Crippen LogP contribution in [0, 0.1) is 0 Å². The minimum Gasteiger partial charge on any atom is -0.315 e. The van der Waals surface area contributed by atoms with Gasteiger partial charge in [-0.05, 0) is 34.0 Å². The largest absolute Gasteiger partial charge is 0.315 e. The molecule has 0 amide bonds. The van der Waals surface area contributed by atoms with Gasteiger partial charge < -0.3 is 5.32 Å². The Morgan fingerprint density at radius 3 is 2.53 bits per heavy atom. The topological polar surface area (TPSA) is 12.0 Å². The van der Waals surface area contributed by atoms with Crippen molar-refractivity contribution in [1.82, 2.24) is 5.32 Å². The summed E-state index contributed by atoms with van der Waals surface area (Å²) in [5.41, 5.74) is 1.77. The molecule has 2 heterocycles. The third-order valence-electron chi connectivity index (χ3n) is 3.45. The summed E-state index contributed by atoms with van der Waals surface area (Å²) in [6.45, 7) is 2.18. The molecule has 1 fully saturated rings. The number of benzene rings is 1. The summed E-state index contributed by atoms with van der Waals surface area (Å²) in [5.74, 6) is 0. The standard InChI is InChI=1S/C14H14BrNS/c15-12-6-13(17-8-12)7-14(9-16-10-14)11-4-2-1-3-5-11/h1-6,8,16H,7,9-10H2. The SMILES string of the molecule is Brc1csc(CC2(c3ccccc3)CNC2)c1. The number of hydrogen-bond donors (Lipinski definition) is 1. The fraction of sp³-hybridized carbons (Fsp3) is 0.286. The maximum absolute atomic E-state index is 3.53. The number of nitrogens with one attached hydrogen (secondary N) is 1. The predicted octanol–water partition coefficient (Wildman–Crippen LogP) is 3.59. The summed E-state index contributed by atoms with van der Waals surface area (Å²) in [4.78, 5) is 1.46. The molecule has 1 N–H and O–H groups in total. The third-order valence-corrected chi connectivity index (χ3v) is 5.14. The van der Waals surface area contributed by atoms with Crippen LogP contribution in [0.25, 0.3) is 0 Å². The molecule has 88 valence electrons. The van der Waals surface area contributed by atoms with E-state index in [1.165, 1.54) is 14.9 Å². The zero-order valence-electron chi connectivity index (χ0n) is 9.45. The van der Waals surface area contributed by atoms with Crippen molar-refractivity contribution in [3.8, 4) is 0 Å². The molecule has 0 saturated carbocycles. The molecule has 0 aliphatic carbocycles. The van der Waals surface area contributed by atoms with Crippen LogP contribution in [0.15, 0.2) is 46.3 Å². The highest BCUT2D eigenvalue weighted by Crippen LogP contribution is 2.34. The van der Waals surface area contributed by atoms with E-state index in [0.29, 0.717) is 5.41 Å². The van der Waals surface area contributed by atoms with Crippen LogP contribution >= 0.6 is 27.3 Å². The highest BCUT2D eigenvalue weighted by molar-refractivity contribution is 9.10. The summed E-state index contributed by atoms with van der Waals surface area (Å²) in [6, 6.07) is 13.1. The minimum absolute atomic E-state index is 0.311. The van der Waals surface area contributed by atoms with Crippen molar-refractivity contribution in [2.75, 3.05) is 13.1 Å². The molecule has 1 aromatic carbocycles. The second-order valence-corrected chi connectivity index (χ2v) is 6.57. The van der Waals surface area contributed by atoms with Crippen LogP contribution in [-0.2, 0) is 11.8 Å². The molecular weight excluding hydrogens is 294 g/mol. The molecule has 17 heavy (non-hydrogen) atoms. The second kappa shape index (κ2) is 4.56. The van der Waals surface area contributed by atoms with Gasteiger partial charge in [0, 0.05) is 33.2 Å². The Bertz CT molecular complexity index is 502. The molecule has 1 saturated heterocycles. The monoisotopic (exact) mass is 307 g/mol. The van der Waals surface area contributed by atoms with Gasteiger partial charge in [0.25, 0.3) is 0 Å². The lowest BCUT2D eigenvalue weighted by molar-refractivity contribution is 0.276. The quantitative estimate of drug-likeness (QED) is 0.913. The van der Waals surface area contributed by atoms with E-state index in [1.54, 1.807) is 0 Å². The summed E-state index contributed by atoms with van der Waals surface area (Å²) in [6.07, 6.45) is 1.14. The Morgan fingerprint density at radius 2 is 2.00 bits per heavy atom. The lowest BCUT2D eigenvalue weighted by Crippen LogP contribution is -2.58. The Kier molecular flexibility index (Phi) is 3.07. The molecule has 2 aromatic rings. The van der Waals surface area contributed by atoms with Crippen LogP contribution in [0.5, 0.6) is 0 Å². The average Bonchev–Trinajstić information content (AvgIpc) is 2.71. The second-order valence-electron chi connectivity index (χ2n) is 4.66. The third kappa shape index (κ3) is 2.19. The van der Waals surface area contributed by atoms with Gasteiger partial charge in [-0.2, -0.15) is 0 Å². The van der Waals surface area contributed by atoms with Crippen molar-refractivity contribution in [2.24, 2.45) is 0 Å². The van der Waals surface area contributed by atoms with Crippen LogP contribution in [0.1, 0.15) is 10.4 Å². The van der Waals surface area contributed by atoms with Gasteiger partial charge in [-0.25, -0.2) is 0 Å². The van der Waals surface area contributed by atoms with E-state index in [9.17, 15) is 0 Å². The highest BCUT2D eigenvalue weighted by atomic mass is 79.9. The van der Waals surface area contributed by atoms with Gasteiger partial charge in [0.1, 0.15) is 0 Å². The summed E-state index contributed by atoms with van der Waals surface area (Å²) < 4.78 is 1.20. The van der Waals surface area contributed by atoms with Crippen molar-refractivity contribution in [2.45, 2.75) is 11.8 Å². The molecule has 3 heteroatoms. The Balaban J connectivity index is 1.88. The molecule has 0 radical (unpaired) electrons. The van der Waals surface area contributed by atoms with E-state index >= 15 is 0 Å². The minimum atomic E-state index is 0.311. The molecule has 1 nitrogen and oxygen atoms in total. The first-order valence-electron chi connectivity index (χ1n) is 5.78. The summed E-state index contributed by atoms with van der Waals surface area (Å²) in [5, 5.41) is 5.59. The van der Waals surface area contributed by atoms with Gasteiger partial charge in [0.2, 0.25) is 0 Å². The van der Waals surface area contributed by atoms with E-state index < -0.39 is 0 Å². The zero-order chi connectivity index (χ0) is 11.7. The fourth-order valence-corrected chi connectivity index (χ4v) is 4.02. The molecule has 1 aliphatic rings. The van der Waals surface area contributed by atoms with Crippen LogP contribution < -0.4 is 5.32 Å². The van der Waals surface area contributed by atoms with Crippen molar-refractivity contribution in [1.29, 1.82) is 0 Å². The highest BCUT2D eigenvalue weighted by Gasteiger charge is 2.38. The molecule has 3 rings (SSSR count). The smallest absolute Gasteiger partial charge is 0.0285 e. The molecule has 0 atom stereocenters. The molecule has 1 aromatic heterocycles. The molecular formula is C14H14BrNS. The van der Waals surface area contributed by atoms with Crippen LogP contribution in [0.3, 0.4) is 0 Å². The Hall–Kier alpha value is -0.640. The van der Waals surface area contributed by atoms with E-state index in [0.717, 1.165) is 19.5 Å². The van der Waals surface area contributed by atoms with Gasteiger partial charge in [-0.1, -0.05) is 30.3 Å². The lowest BCUT2D eigenvalue weighted by atomic mass is 9.72. The summed E-state index contributed by atoms with van der Waals surface area (Å²) in [7, 11) is 0. The van der Waals surface area contributed by atoms with Crippen LogP contribution in [0.4, 0.5) is 0 Å². The van der Waals surface area contributed by atoms with Gasteiger partial charge in [0.15, 0.2) is 0 Å². The van der Waals surface area contributed by atoms with Gasteiger partial charge in [0.05, 0.1) is 0 Å². The first-order chi connectivity index (χ1) is 8.28. The molecule has 1 aliphatic heterocycles. The predicted molar refractivity (Wildman–Crippen MR) is 76.7 cm³/mol. The van der Waals surface area contributed by atoms with Gasteiger partial charge in [-0.15, -0.1) is 11.3 Å². The molecule has 0 unspecified atom stereocenters. The summed E-state index contributed by atoms with van der Waals surface area (Å²) >= 11 is 5.38. The van der Waals surface area contributed by atoms with Crippen LogP contribution in [-0.4, -0.2) is 13.1 Å². The number of halogens is 1. The van der Waals surface area contributed by atoms with E-state index in [2.05, 4.69) is 63.0 Å². The average molecular weight is 308 g/mol. The van der Waals surface area contributed by atoms with E-state index in [1.807, 2.05) is 11.3 Å². The first-order valence-corrected chi connectivity index (χ1v) is 7.45. The van der Waals surface area contributed by atoms with Gasteiger partial charge >= 0.3 is 0 Å². The molecule has 0 bridgehead atoms. The maximum atomic E-state index is 3.53. The number of hydrogen-bond acceptors (Lipinski definition) is 2. The van der Waals surface area contributed by atoms with Gasteiger partial charge in [-0.3, -0.25) is 0 Å². The van der Waals surface area contributed by atoms with Crippen molar-refractivity contribution in [3.63, 3.8) is 0 Å². The molecule has 0 spiro atoms. The fourth-order valence-electron chi connectivity index (χ4n) is 2.43. The Labute approximate surface area is 114 Å². The number of rotatable bonds is 3. The van der Waals surface area contributed by atoms with E-state index in [4.69, 9.17) is 0 Å². The number of thiophene rings is 1. The van der Waals surface area contributed by atoms with E-state index in [-0.39, 0.29) is 0 Å². The first kappa shape index (κ1) is 11.5.